The van der Waals surface area contributed by atoms with Crippen molar-refractivity contribution >= 4 is 11.9 Å². The van der Waals surface area contributed by atoms with Crippen LogP contribution in [0.15, 0.2) is 0 Å². The van der Waals surface area contributed by atoms with Crippen LogP contribution in [0.1, 0.15) is 53.9 Å². The fourth-order valence-corrected chi connectivity index (χ4v) is 1.69. The summed E-state index contributed by atoms with van der Waals surface area (Å²) < 4.78 is 0. The molecule has 0 fully saturated rings. The summed E-state index contributed by atoms with van der Waals surface area (Å²) in [6.07, 6.45) is 1.01. The molecule has 0 aromatic carbocycles. The van der Waals surface area contributed by atoms with Gasteiger partial charge >= 0.3 is 5.97 Å². The van der Waals surface area contributed by atoms with Crippen molar-refractivity contribution < 1.29 is 19.8 Å². The third-order valence-corrected chi connectivity index (χ3v) is 4.22. The molecule has 5 nitrogen and oxygen atoms in total. The number of carboxylic acid groups (broad SMARTS) is 1. The first-order chi connectivity index (χ1) is 8.61. The van der Waals surface area contributed by atoms with Crippen LogP contribution in [0.3, 0.4) is 0 Å². The van der Waals surface area contributed by atoms with Gasteiger partial charge in [0.2, 0.25) is 5.91 Å². The Morgan fingerprint density at radius 2 is 1.68 bits per heavy atom. The van der Waals surface area contributed by atoms with Crippen molar-refractivity contribution in [3.63, 3.8) is 0 Å². The zero-order valence-corrected chi connectivity index (χ0v) is 12.6. The molecule has 0 aliphatic heterocycles. The summed E-state index contributed by atoms with van der Waals surface area (Å²) in [6.45, 7) is 9.01. The molecule has 0 radical (unpaired) electrons. The first-order valence-electron chi connectivity index (χ1n) is 6.83. The Morgan fingerprint density at radius 1 is 1.21 bits per heavy atom. The second-order valence-electron chi connectivity index (χ2n) is 5.76. The summed E-state index contributed by atoms with van der Waals surface area (Å²) in [6, 6.07) is 0. The Labute approximate surface area is 115 Å². The Morgan fingerprint density at radius 3 is 2.00 bits per heavy atom. The van der Waals surface area contributed by atoms with Gasteiger partial charge in [0, 0.05) is 13.0 Å². The van der Waals surface area contributed by atoms with Crippen LogP contribution >= 0.6 is 0 Å². The third kappa shape index (κ3) is 4.82. The molecule has 0 heterocycles. The first-order valence-corrected chi connectivity index (χ1v) is 6.83. The van der Waals surface area contributed by atoms with E-state index in [0.717, 1.165) is 0 Å². The molecule has 0 bridgehead atoms. The lowest BCUT2D eigenvalue weighted by molar-refractivity contribution is -0.153. The lowest BCUT2D eigenvalue weighted by Crippen LogP contribution is -2.45. The van der Waals surface area contributed by atoms with E-state index in [-0.39, 0.29) is 24.8 Å². The predicted octanol–water partition coefficient (Wildman–Crippen LogP) is 1.79. The number of hydrogen-bond donors (Lipinski definition) is 3. The number of carbonyl (C=O) groups excluding carboxylic acids is 1. The molecule has 0 saturated heterocycles. The van der Waals surface area contributed by atoms with Gasteiger partial charge in [-0.05, 0) is 25.7 Å². The second kappa shape index (κ2) is 6.89. The number of nitrogens with one attached hydrogen (secondary N) is 1. The number of hydrogen-bond acceptors (Lipinski definition) is 3. The van der Waals surface area contributed by atoms with E-state index in [1.165, 1.54) is 0 Å². The zero-order chi connectivity index (χ0) is 15.3. The molecule has 0 aromatic heterocycles. The molecule has 0 aromatic rings. The van der Waals surface area contributed by atoms with Gasteiger partial charge in [0.05, 0.1) is 11.0 Å². The Hall–Kier alpha value is -1.10. The Kier molecular flexibility index (Phi) is 6.49. The van der Waals surface area contributed by atoms with E-state index in [2.05, 4.69) is 5.32 Å². The van der Waals surface area contributed by atoms with Crippen LogP contribution in [0.4, 0.5) is 0 Å². The second-order valence-corrected chi connectivity index (χ2v) is 5.76. The van der Waals surface area contributed by atoms with Gasteiger partial charge in [-0.25, -0.2) is 0 Å². The normalized spacial score (nSPS) is 15.1. The molecule has 0 aliphatic rings. The van der Waals surface area contributed by atoms with Crippen LogP contribution in [-0.2, 0) is 9.59 Å². The van der Waals surface area contributed by atoms with Crippen molar-refractivity contribution in [2.45, 2.75) is 59.5 Å². The number of carboxylic acids is 1. The van der Waals surface area contributed by atoms with Gasteiger partial charge in [-0.1, -0.05) is 27.7 Å². The molecular weight excluding hydrogens is 246 g/mol. The molecule has 0 aliphatic carbocycles. The van der Waals surface area contributed by atoms with E-state index >= 15 is 0 Å². The predicted molar refractivity (Wildman–Crippen MR) is 73.7 cm³/mol. The van der Waals surface area contributed by atoms with Crippen LogP contribution in [-0.4, -0.2) is 34.2 Å². The van der Waals surface area contributed by atoms with E-state index in [4.69, 9.17) is 0 Å². The van der Waals surface area contributed by atoms with Crippen molar-refractivity contribution in [3.8, 4) is 0 Å². The lowest BCUT2D eigenvalue weighted by Gasteiger charge is -2.30. The highest BCUT2D eigenvalue weighted by molar-refractivity contribution is 5.84. The van der Waals surface area contributed by atoms with E-state index in [0.29, 0.717) is 12.8 Å². The maximum atomic E-state index is 11.9. The van der Waals surface area contributed by atoms with Gasteiger partial charge in [0.15, 0.2) is 0 Å². The molecule has 1 amide bonds. The minimum atomic E-state index is -1.08. The van der Waals surface area contributed by atoms with Gasteiger partial charge in [-0.2, -0.15) is 0 Å². The zero-order valence-electron chi connectivity index (χ0n) is 12.6. The highest BCUT2D eigenvalue weighted by Gasteiger charge is 2.39. The number of aliphatic carboxylic acids is 1. The average Bonchev–Trinajstić information content (AvgIpc) is 2.35. The molecule has 1 atom stereocenters. The summed E-state index contributed by atoms with van der Waals surface area (Å²) in [5.41, 5.74) is -1.99. The maximum absolute atomic E-state index is 11.9. The number of amides is 1. The summed E-state index contributed by atoms with van der Waals surface area (Å²) in [5.74, 6) is -1.45. The molecule has 5 heteroatoms. The Bertz CT molecular complexity index is 323. The van der Waals surface area contributed by atoms with E-state index in [9.17, 15) is 19.8 Å². The quantitative estimate of drug-likeness (QED) is 0.629. The highest BCUT2D eigenvalue weighted by atomic mass is 16.4. The van der Waals surface area contributed by atoms with Crippen molar-refractivity contribution in [1.82, 2.24) is 5.32 Å². The van der Waals surface area contributed by atoms with E-state index < -0.39 is 17.0 Å². The lowest BCUT2D eigenvalue weighted by atomic mass is 9.76. The number of aliphatic hydroxyl groups is 1. The number of carbonyl (C=O) groups is 2. The molecule has 0 saturated carbocycles. The van der Waals surface area contributed by atoms with E-state index in [1.54, 1.807) is 20.8 Å². The van der Waals surface area contributed by atoms with Crippen LogP contribution < -0.4 is 5.32 Å². The molecule has 3 N–H and O–H groups in total. The molecule has 0 rings (SSSR count). The largest absolute Gasteiger partial charge is 0.481 e. The van der Waals surface area contributed by atoms with Gasteiger partial charge in [0.1, 0.15) is 0 Å². The van der Waals surface area contributed by atoms with Crippen LogP contribution in [0.5, 0.6) is 0 Å². The molecule has 112 valence electrons. The summed E-state index contributed by atoms with van der Waals surface area (Å²) in [7, 11) is 0. The van der Waals surface area contributed by atoms with Gasteiger partial charge in [0.25, 0.3) is 0 Å². The molecule has 19 heavy (non-hydrogen) atoms. The van der Waals surface area contributed by atoms with Crippen molar-refractivity contribution in [2.75, 3.05) is 6.54 Å². The van der Waals surface area contributed by atoms with E-state index in [1.807, 2.05) is 13.8 Å². The van der Waals surface area contributed by atoms with Crippen LogP contribution in [0, 0.1) is 11.3 Å². The molecular formula is C14H27NO4. The molecule has 0 spiro atoms. The van der Waals surface area contributed by atoms with Crippen molar-refractivity contribution in [2.24, 2.45) is 11.3 Å². The SMILES string of the molecule is CCC(O)(CC)CNC(=O)CC(C)(C(=O)O)C(C)C. The topological polar surface area (TPSA) is 86.6 Å². The van der Waals surface area contributed by atoms with Crippen LogP contribution in [0.25, 0.3) is 0 Å². The third-order valence-electron chi connectivity index (χ3n) is 4.22. The number of rotatable bonds is 8. The van der Waals surface area contributed by atoms with Gasteiger partial charge < -0.3 is 15.5 Å². The monoisotopic (exact) mass is 273 g/mol. The summed E-state index contributed by atoms with van der Waals surface area (Å²) in [5, 5.41) is 21.9. The summed E-state index contributed by atoms with van der Waals surface area (Å²) in [4.78, 5) is 23.1. The highest BCUT2D eigenvalue weighted by Crippen LogP contribution is 2.31. The fourth-order valence-electron chi connectivity index (χ4n) is 1.69. The maximum Gasteiger partial charge on any atom is 0.310 e. The smallest absolute Gasteiger partial charge is 0.310 e. The average molecular weight is 273 g/mol. The minimum absolute atomic E-state index is 0.0799. The summed E-state index contributed by atoms with van der Waals surface area (Å²) >= 11 is 0. The molecule has 1 unspecified atom stereocenters. The van der Waals surface area contributed by atoms with Crippen LogP contribution in [0.2, 0.25) is 0 Å². The fraction of sp³-hybridized carbons (Fsp3) is 0.857. The standard InChI is InChI=1S/C14H27NO4/c1-6-14(19,7-2)9-15-11(16)8-13(5,10(3)4)12(17)18/h10,19H,6-9H2,1-5H3,(H,15,16)(H,17,18). The van der Waals surface area contributed by atoms with Crippen molar-refractivity contribution in [1.29, 1.82) is 0 Å². The van der Waals surface area contributed by atoms with Gasteiger partial charge in [-0.3, -0.25) is 9.59 Å². The Balaban J connectivity index is 4.58. The van der Waals surface area contributed by atoms with Gasteiger partial charge in [-0.15, -0.1) is 0 Å². The first kappa shape index (κ1) is 17.9. The van der Waals surface area contributed by atoms with Crippen molar-refractivity contribution in [3.05, 3.63) is 0 Å². The minimum Gasteiger partial charge on any atom is -0.481 e.